The Morgan fingerprint density at radius 2 is 1.56 bits per heavy atom. The summed E-state index contributed by atoms with van der Waals surface area (Å²) < 4.78 is 61.4. The molecule has 0 saturated heterocycles. The lowest BCUT2D eigenvalue weighted by Crippen LogP contribution is -2.43. The number of rotatable bonds is 3. The molecule has 7 heteroatoms. The summed E-state index contributed by atoms with van der Waals surface area (Å²) in [5, 5.41) is 0. The first-order valence-electron chi connectivity index (χ1n) is 4.57. The molecular formula is C11H6BrF5O. The fourth-order valence-electron chi connectivity index (χ4n) is 0.990. The van der Waals surface area contributed by atoms with Crippen LogP contribution in [0.1, 0.15) is 5.56 Å². The Morgan fingerprint density at radius 3 is 2.00 bits per heavy atom. The molecule has 0 fully saturated rings. The van der Waals surface area contributed by atoms with E-state index in [9.17, 15) is 26.7 Å². The molecule has 0 atom stereocenters. The van der Waals surface area contributed by atoms with Crippen molar-refractivity contribution in [2.75, 3.05) is 0 Å². The number of ketones is 1. The Morgan fingerprint density at radius 1 is 1.06 bits per heavy atom. The minimum absolute atomic E-state index is 0.219. The van der Waals surface area contributed by atoms with E-state index in [0.29, 0.717) is 10.0 Å². The van der Waals surface area contributed by atoms with Crippen LogP contribution < -0.4 is 0 Å². The molecule has 0 aromatic heterocycles. The Balaban J connectivity index is 2.85. The van der Waals surface area contributed by atoms with Gasteiger partial charge in [-0.25, -0.2) is 0 Å². The fourth-order valence-corrected chi connectivity index (χ4v) is 1.25. The van der Waals surface area contributed by atoms with Crippen LogP contribution in [-0.4, -0.2) is 17.9 Å². The van der Waals surface area contributed by atoms with Crippen molar-refractivity contribution in [3.8, 4) is 0 Å². The minimum atomic E-state index is -5.88. The second-order valence-electron chi connectivity index (χ2n) is 3.32. The molecule has 0 bridgehead atoms. The zero-order valence-electron chi connectivity index (χ0n) is 8.64. The van der Waals surface area contributed by atoms with Crippen molar-refractivity contribution in [3.63, 3.8) is 0 Å². The van der Waals surface area contributed by atoms with Gasteiger partial charge in [-0.1, -0.05) is 34.1 Å². The number of hydrogen-bond donors (Lipinski definition) is 0. The van der Waals surface area contributed by atoms with Crippen LogP contribution in [0.5, 0.6) is 0 Å². The van der Waals surface area contributed by atoms with Crippen molar-refractivity contribution in [1.29, 1.82) is 0 Å². The van der Waals surface area contributed by atoms with Gasteiger partial charge in [0.05, 0.1) is 0 Å². The highest BCUT2D eigenvalue weighted by atomic mass is 79.9. The summed E-state index contributed by atoms with van der Waals surface area (Å²) in [5.41, 5.74) is 0.338. The lowest BCUT2D eigenvalue weighted by molar-refractivity contribution is -0.266. The van der Waals surface area contributed by atoms with Crippen molar-refractivity contribution in [2.24, 2.45) is 0 Å². The summed E-state index contributed by atoms with van der Waals surface area (Å²) in [6.07, 6.45) is -4.76. The summed E-state index contributed by atoms with van der Waals surface area (Å²) in [5.74, 6) is -7.66. The molecular weight excluding hydrogens is 323 g/mol. The molecule has 1 nitrogen and oxygen atoms in total. The Hall–Kier alpha value is -1.24. The molecule has 18 heavy (non-hydrogen) atoms. The predicted octanol–water partition coefficient (Wildman–Crippen LogP) is 4.23. The smallest absolute Gasteiger partial charge is 0.288 e. The first kappa shape index (κ1) is 14.8. The molecule has 1 aromatic rings. The van der Waals surface area contributed by atoms with Crippen LogP contribution in [0, 0.1) is 0 Å². The molecule has 0 aliphatic rings. The van der Waals surface area contributed by atoms with Gasteiger partial charge in [0, 0.05) is 4.47 Å². The highest BCUT2D eigenvalue weighted by molar-refractivity contribution is 9.10. The third-order valence-electron chi connectivity index (χ3n) is 1.96. The van der Waals surface area contributed by atoms with Crippen LogP contribution in [0.15, 0.2) is 34.8 Å². The molecule has 1 aromatic carbocycles. The maximum absolute atomic E-state index is 12.6. The summed E-state index contributed by atoms with van der Waals surface area (Å²) >= 11 is 3.12. The first-order valence-corrected chi connectivity index (χ1v) is 5.36. The van der Waals surface area contributed by atoms with Gasteiger partial charge in [0.2, 0.25) is 5.78 Å². The molecule has 0 heterocycles. The van der Waals surface area contributed by atoms with E-state index in [-0.39, 0.29) is 6.08 Å². The van der Waals surface area contributed by atoms with Crippen LogP contribution in [0.25, 0.3) is 6.08 Å². The zero-order chi connectivity index (χ0) is 14.0. The molecule has 1 rings (SSSR count). The highest BCUT2D eigenvalue weighted by Crippen LogP contribution is 2.36. The maximum atomic E-state index is 12.6. The Labute approximate surface area is 107 Å². The number of halogens is 6. The van der Waals surface area contributed by atoms with Crippen LogP contribution in [0.4, 0.5) is 22.0 Å². The van der Waals surface area contributed by atoms with E-state index < -0.39 is 17.9 Å². The van der Waals surface area contributed by atoms with E-state index in [1.807, 2.05) is 0 Å². The van der Waals surface area contributed by atoms with Crippen molar-refractivity contribution in [1.82, 2.24) is 0 Å². The van der Waals surface area contributed by atoms with E-state index >= 15 is 0 Å². The second-order valence-corrected chi connectivity index (χ2v) is 4.24. The SMILES string of the molecule is O=C(/C=C/c1ccc(Br)cc1)C(F)(F)C(F)(F)F. The first-order chi connectivity index (χ1) is 8.14. The monoisotopic (exact) mass is 328 g/mol. The van der Waals surface area contributed by atoms with Gasteiger partial charge in [-0.05, 0) is 23.8 Å². The van der Waals surface area contributed by atoms with E-state index in [1.165, 1.54) is 12.1 Å². The van der Waals surface area contributed by atoms with Gasteiger partial charge in [0.25, 0.3) is 0 Å². The summed E-state index contributed by atoms with van der Waals surface area (Å²) in [4.78, 5) is 10.8. The number of allylic oxidation sites excluding steroid dienone is 1. The molecule has 0 aliphatic carbocycles. The lowest BCUT2D eigenvalue weighted by atomic mass is 10.1. The number of carbonyl (C=O) groups excluding carboxylic acids is 1. The summed E-state index contributed by atoms with van der Waals surface area (Å²) in [6.45, 7) is 0. The van der Waals surface area contributed by atoms with Gasteiger partial charge in [0.1, 0.15) is 0 Å². The lowest BCUT2D eigenvalue weighted by Gasteiger charge is -2.15. The second kappa shape index (κ2) is 5.17. The van der Waals surface area contributed by atoms with Crippen LogP contribution >= 0.6 is 15.9 Å². The average molecular weight is 329 g/mol. The van der Waals surface area contributed by atoms with Gasteiger partial charge in [0.15, 0.2) is 0 Å². The summed E-state index contributed by atoms with van der Waals surface area (Å²) in [6, 6.07) is 6.04. The van der Waals surface area contributed by atoms with Gasteiger partial charge in [-0.3, -0.25) is 4.79 Å². The van der Waals surface area contributed by atoms with Crippen molar-refractivity contribution in [2.45, 2.75) is 12.1 Å². The Kier molecular flexibility index (Phi) is 4.26. The van der Waals surface area contributed by atoms with Gasteiger partial charge in [-0.2, -0.15) is 22.0 Å². The molecule has 0 spiro atoms. The predicted molar refractivity (Wildman–Crippen MR) is 59.2 cm³/mol. The topological polar surface area (TPSA) is 17.1 Å². The molecule has 0 unspecified atom stereocenters. The molecule has 0 aliphatic heterocycles. The number of hydrogen-bond acceptors (Lipinski definition) is 1. The van der Waals surface area contributed by atoms with Crippen molar-refractivity contribution in [3.05, 3.63) is 40.4 Å². The van der Waals surface area contributed by atoms with E-state index in [4.69, 9.17) is 0 Å². The highest BCUT2D eigenvalue weighted by Gasteiger charge is 2.62. The molecule has 0 amide bonds. The fraction of sp³-hybridized carbons (Fsp3) is 0.182. The van der Waals surface area contributed by atoms with Gasteiger partial charge >= 0.3 is 12.1 Å². The van der Waals surface area contributed by atoms with Gasteiger partial charge in [-0.15, -0.1) is 0 Å². The normalized spacial score (nSPS) is 13.0. The van der Waals surface area contributed by atoms with Crippen molar-refractivity contribution >= 4 is 27.8 Å². The van der Waals surface area contributed by atoms with E-state index in [0.717, 1.165) is 6.08 Å². The number of alkyl halides is 5. The standard InChI is InChI=1S/C11H6BrF5O/c12-8-4-1-7(2-5-8)3-6-9(18)10(13,14)11(15,16)17/h1-6H/b6-3+. The minimum Gasteiger partial charge on any atom is -0.288 e. The van der Waals surface area contributed by atoms with Gasteiger partial charge < -0.3 is 0 Å². The van der Waals surface area contributed by atoms with E-state index in [2.05, 4.69) is 15.9 Å². The quantitative estimate of drug-likeness (QED) is 0.599. The maximum Gasteiger partial charge on any atom is 0.461 e. The average Bonchev–Trinajstić information content (AvgIpc) is 2.26. The largest absolute Gasteiger partial charge is 0.461 e. The van der Waals surface area contributed by atoms with Crippen LogP contribution in [0.2, 0.25) is 0 Å². The van der Waals surface area contributed by atoms with Crippen LogP contribution in [-0.2, 0) is 4.79 Å². The van der Waals surface area contributed by atoms with Crippen molar-refractivity contribution < 1.29 is 26.7 Å². The van der Waals surface area contributed by atoms with Crippen LogP contribution in [0.3, 0.4) is 0 Å². The molecule has 0 radical (unpaired) electrons. The summed E-state index contributed by atoms with van der Waals surface area (Å²) in [7, 11) is 0. The zero-order valence-corrected chi connectivity index (χ0v) is 10.2. The number of benzene rings is 1. The molecule has 0 N–H and O–H groups in total. The Bertz CT molecular complexity index is 461. The number of carbonyl (C=O) groups is 1. The van der Waals surface area contributed by atoms with E-state index in [1.54, 1.807) is 12.1 Å². The molecule has 0 saturated carbocycles. The third-order valence-corrected chi connectivity index (χ3v) is 2.49. The third kappa shape index (κ3) is 3.38. The molecule has 98 valence electrons.